The zero-order valence-electron chi connectivity index (χ0n) is 11.7. The number of rotatable bonds is 3. The van der Waals surface area contributed by atoms with Crippen LogP contribution in [-0.4, -0.2) is 9.55 Å². The van der Waals surface area contributed by atoms with Gasteiger partial charge >= 0.3 is 0 Å². The highest BCUT2D eigenvalue weighted by molar-refractivity contribution is 6.31. The Hall–Kier alpha value is -1.80. The van der Waals surface area contributed by atoms with Crippen molar-refractivity contribution < 1.29 is 0 Å². The maximum absolute atomic E-state index is 6.15. The van der Waals surface area contributed by atoms with Crippen molar-refractivity contribution in [3.8, 4) is 11.4 Å². The minimum Gasteiger partial charge on any atom is -0.321 e. The van der Waals surface area contributed by atoms with E-state index >= 15 is 0 Å². The van der Waals surface area contributed by atoms with Crippen LogP contribution < -0.4 is 0 Å². The molecule has 0 bridgehead atoms. The number of imidazole rings is 1. The molecule has 0 radical (unpaired) electrons. The summed E-state index contributed by atoms with van der Waals surface area (Å²) >= 11 is 6.15. The Morgan fingerprint density at radius 1 is 1.15 bits per heavy atom. The molecule has 0 N–H and O–H groups in total. The number of fused-ring (bicyclic) bond motifs is 1. The third-order valence-corrected chi connectivity index (χ3v) is 3.95. The molecule has 2 aromatic carbocycles. The first-order chi connectivity index (χ1) is 9.70. The molecule has 102 valence electrons. The molecule has 0 amide bonds. The minimum absolute atomic E-state index is 0.383. The summed E-state index contributed by atoms with van der Waals surface area (Å²) in [4.78, 5) is 4.80. The van der Waals surface area contributed by atoms with Gasteiger partial charge in [-0.1, -0.05) is 48.9 Å². The third kappa shape index (κ3) is 2.20. The average Bonchev–Trinajstić information content (AvgIpc) is 2.86. The first kappa shape index (κ1) is 13.2. The van der Waals surface area contributed by atoms with Crippen molar-refractivity contribution in [2.75, 3.05) is 0 Å². The van der Waals surface area contributed by atoms with Gasteiger partial charge in [-0.05, 0) is 31.5 Å². The van der Waals surface area contributed by atoms with Gasteiger partial charge in [-0.15, -0.1) is 0 Å². The molecule has 20 heavy (non-hydrogen) atoms. The molecule has 0 fully saturated rings. The minimum atomic E-state index is 0.383. The van der Waals surface area contributed by atoms with Crippen LogP contribution in [0, 0.1) is 0 Å². The third-order valence-electron chi connectivity index (χ3n) is 3.72. The summed E-state index contributed by atoms with van der Waals surface area (Å²) < 4.78 is 2.29. The van der Waals surface area contributed by atoms with Crippen molar-refractivity contribution in [3.63, 3.8) is 0 Å². The zero-order chi connectivity index (χ0) is 14.1. The van der Waals surface area contributed by atoms with Crippen molar-refractivity contribution in [2.45, 2.75) is 26.3 Å². The summed E-state index contributed by atoms with van der Waals surface area (Å²) in [7, 11) is 0. The van der Waals surface area contributed by atoms with Crippen LogP contribution in [0.15, 0.2) is 48.5 Å². The molecule has 0 saturated heterocycles. The fraction of sp³-hybridized carbons (Fsp3) is 0.235. The van der Waals surface area contributed by atoms with Crippen LogP contribution in [0.4, 0.5) is 0 Å². The molecule has 0 aliphatic carbocycles. The zero-order valence-corrected chi connectivity index (χ0v) is 12.4. The predicted octanol–water partition coefficient (Wildman–Crippen LogP) is 5.33. The molecule has 3 heteroatoms. The molecule has 1 heterocycles. The number of benzene rings is 2. The van der Waals surface area contributed by atoms with Crippen molar-refractivity contribution in [1.29, 1.82) is 0 Å². The highest BCUT2D eigenvalue weighted by Crippen LogP contribution is 2.30. The van der Waals surface area contributed by atoms with Gasteiger partial charge in [0.2, 0.25) is 0 Å². The van der Waals surface area contributed by atoms with E-state index in [1.807, 2.05) is 36.4 Å². The second-order valence-corrected chi connectivity index (χ2v) is 5.50. The summed E-state index contributed by atoms with van der Waals surface area (Å²) in [6.07, 6.45) is 1.05. The Kier molecular flexibility index (Phi) is 3.49. The molecule has 3 aromatic rings. The monoisotopic (exact) mass is 284 g/mol. The van der Waals surface area contributed by atoms with Crippen LogP contribution in [0.1, 0.15) is 26.3 Å². The molecule has 1 aromatic heterocycles. The summed E-state index contributed by atoms with van der Waals surface area (Å²) in [5.74, 6) is 1.01. The number of aromatic nitrogens is 2. The SMILES string of the molecule is CCC(C)n1c(-c2ccccc2)nc2ccc(Cl)cc21. The van der Waals surface area contributed by atoms with Crippen LogP contribution >= 0.6 is 11.6 Å². The number of hydrogen-bond donors (Lipinski definition) is 0. The largest absolute Gasteiger partial charge is 0.321 e. The fourth-order valence-corrected chi connectivity index (χ4v) is 2.65. The highest BCUT2D eigenvalue weighted by atomic mass is 35.5. The summed E-state index contributed by atoms with van der Waals surface area (Å²) in [6.45, 7) is 4.41. The van der Waals surface area contributed by atoms with Crippen molar-refractivity contribution >= 4 is 22.6 Å². The van der Waals surface area contributed by atoms with E-state index in [0.717, 1.165) is 33.9 Å². The molecule has 1 unspecified atom stereocenters. The van der Waals surface area contributed by atoms with E-state index in [4.69, 9.17) is 16.6 Å². The Morgan fingerprint density at radius 3 is 2.60 bits per heavy atom. The van der Waals surface area contributed by atoms with Gasteiger partial charge in [0.15, 0.2) is 0 Å². The van der Waals surface area contributed by atoms with Crippen LogP contribution in [0.2, 0.25) is 5.02 Å². The van der Waals surface area contributed by atoms with Gasteiger partial charge in [-0.3, -0.25) is 0 Å². The molecule has 0 spiro atoms. The first-order valence-electron chi connectivity index (χ1n) is 6.93. The van der Waals surface area contributed by atoms with Crippen LogP contribution in [0.3, 0.4) is 0 Å². The Bertz CT molecular complexity index is 731. The van der Waals surface area contributed by atoms with Crippen LogP contribution in [0.25, 0.3) is 22.4 Å². The maximum atomic E-state index is 6.15. The summed E-state index contributed by atoms with van der Waals surface area (Å²) in [6, 6.07) is 16.6. The predicted molar refractivity (Wildman–Crippen MR) is 85.2 cm³/mol. The van der Waals surface area contributed by atoms with E-state index in [9.17, 15) is 0 Å². The molecular weight excluding hydrogens is 268 g/mol. The van der Waals surface area contributed by atoms with Gasteiger partial charge in [0.1, 0.15) is 5.82 Å². The highest BCUT2D eigenvalue weighted by Gasteiger charge is 2.16. The topological polar surface area (TPSA) is 17.8 Å². The second-order valence-electron chi connectivity index (χ2n) is 5.06. The van der Waals surface area contributed by atoms with Gasteiger partial charge < -0.3 is 4.57 Å². The smallest absolute Gasteiger partial charge is 0.141 e. The van der Waals surface area contributed by atoms with Gasteiger partial charge in [0, 0.05) is 16.6 Å². The average molecular weight is 285 g/mol. The van der Waals surface area contributed by atoms with Gasteiger partial charge in [-0.25, -0.2) is 4.98 Å². The fourth-order valence-electron chi connectivity index (χ4n) is 2.49. The molecular formula is C17H17ClN2. The molecule has 0 aliphatic rings. The summed E-state index contributed by atoms with van der Waals surface area (Å²) in [5.41, 5.74) is 3.24. The number of halogens is 1. The Morgan fingerprint density at radius 2 is 1.90 bits per heavy atom. The lowest BCUT2D eigenvalue weighted by atomic mass is 10.2. The number of nitrogens with zero attached hydrogens (tertiary/aromatic N) is 2. The normalized spacial score (nSPS) is 12.8. The van der Waals surface area contributed by atoms with Crippen LogP contribution in [-0.2, 0) is 0 Å². The molecule has 1 atom stereocenters. The van der Waals surface area contributed by atoms with Gasteiger partial charge in [0.25, 0.3) is 0 Å². The first-order valence-corrected chi connectivity index (χ1v) is 7.31. The lowest BCUT2D eigenvalue weighted by molar-refractivity contribution is 0.550. The van der Waals surface area contributed by atoms with Crippen molar-refractivity contribution in [2.24, 2.45) is 0 Å². The lowest BCUT2D eigenvalue weighted by Crippen LogP contribution is -2.05. The van der Waals surface area contributed by atoms with Crippen LogP contribution in [0.5, 0.6) is 0 Å². The molecule has 0 aliphatic heterocycles. The van der Waals surface area contributed by atoms with E-state index in [1.54, 1.807) is 0 Å². The molecule has 3 rings (SSSR count). The Balaban J connectivity index is 2.31. The van der Waals surface area contributed by atoms with E-state index in [1.165, 1.54) is 0 Å². The van der Waals surface area contributed by atoms with E-state index in [0.29, 0.717) is 6.04 Å². The van der Waals surface area contributed by atoms with Gasteiger partial charge in [0.05, 0.1) is 11.0 Å². The quantitative estimate of drug-likeness (QED) is 0.636. The molecule has 0 saturated carbocycles. The van der Waals surface area contributed by atoms with Gasteiger partial charge in [-0.2, -0.15) is 0 Å². The standard InChI is InChI=1S/C17H17ClN2/c1-3-12(2)20-16-11-14(18)9-10-15(16)19-17(20)13-7-5-4-6-8-13/h4-12H,3H2,1-2H3. The van der Waals surface area contributed by atoms with E-state index in [-0.39, 0.29) is 0 Å². The van der Waals surface area contributed by atoms with Crippen molar-refractivity contribution in [1.82, 2.24) is 9.55 Å². The van der Waals surface area contributed by atoms with E-state index in [2.05, 4.69) is 30.5 Å². The summed E-state index contributed by atoms with van der Waals surface area (Å²) in [5, 5.41) is 0.751. The number of hydrogen-bond acceptors (Lipinski definition) is 1. The van der Waals surface area contributed by atoms with E-state index < -0.39 is 0 Å². The Labute approximate surface area is 124 Å². The van der Waals surface area contributed by atoms with Crippen molar-refractivity contribution in [3.05, 3.63) is 53.6 Å². The lowest BCUT2D eigenvalue weighted by Gasteiger charge is -2.16. The second kappa shape index (κ2) is 5.29. The molecule has 2 nitrogen and oxygen atoms in total. The maximum Gasteiger partial charge on any atom is 0.141 e.